The van der Waals surface area contributed by atoms with Gasteiger partial charge in [-0.1, -0.05) is 6.07 Å². The number of hydrogen-bond donors (Lipinski definition) is 0. The van der Waals surface area contributed by atoms with Crippen LogP contribution in [0.25, 0.3) is 16.9 Å². The fraction of sp³-hybridized carbons (Fsp3) is 0.520. The van der Waals surface area contributed by atoms with Crippen LogP contribution in [0.15, 0.2) is 30.5 Å². The van der Waals surface area contributed by atoms with Gasteiger partial charge in [0.2, 0.25) is 0 Å². The quantitative estimate of drug-likeness (QED) is 0.631. The number of aryl methyl sites for hydroxylation is 1. The highest BCUT2D eigenvalue weighted by Gasteiger charge is 2.32. The van der Waals surface area contributed by atoms with Crippen molar-refractivity contribution in [3.63, 3.8) is 0 Å². The number of nitrogens with zero attached hydrogens (tertiary/aromatic N) is 6. The monoisotopic (exact) mass is 430 g/mol. The Hall–Kier alpha value is -2.80. The molecule has 0 aromatic carbocycles. The number of carbonyl (C=O) groups is 1. The first kappa shape index (κ1) is 19.9. The summed E-state index contributed by atoms with van der Waals surface area (Å²) in [4.78, 5) is 27.9. The summed E-state index contributed by atoms with van der Waals surface area (Å²) in [6.07, 6.45) is 8.83. The minimum atomic E-state index is 0.128. The van der Waals surface area contributed by atoms with Crippen molar-refractivity contribution < 1.29 is 4.79 Å². The van der Waals surface area contributed by atoms with E-state index in [0.717, 1.165) is 72.6 Å². The molecule has 0 atom stereocenters. The van der Waals surface area contributed by atoms with Crippen LogP contribution in [0.5, 0.6) is 0 Å². The van der Waals surface area contributed by atoms with Crippen LogP contribution in [-0.2, 0) is 0 Å². The van der Waals surface area contributed by atoms with E-state index >= 15 is 0 Å². The predicted octanol–water partition coefficient (Wildman–Crippen LogP) is 3.70. The lowest BCUT2D eigenvalue weighted by Crippen LogP contribution is -2.46. The number of pyridine rings is 2. The van der Waals surface area contributed by atoms with Crippen molar-refractivity contribution in [1.29, 1.82) is 0 Å². The van der Waals surface area contributed by atoms with E-state index in [1.54, 1.807) is 10.9 Å². The molecule has 0 unspecified atom stereocenters. The average Bonchev–Trinajstić information content (AvgIpc) is 3.44. The Morgan fingerprint density at radius 1 is 1.03 bits per heavy atom. The second-order valence-electron chi connectivity index (χ2n) is 9.52. The average molecular weight is 431 g/mol. The minimum Gasteiger partial charge on any atom is -0.339 e. The maximum Gasteiger partial charge on any atom is 0.254 e. The van der Waals surface area contributed by atoms with Crippen LogP contribution >= 0.6 is 0 Å². The van der Waals surface area contributed by atoms with Gasteiger partial charge in [0.1, 0.15) is 0 Å². The number of likely N-dealkylation sites (tertiary alicyclic amines) is 2. The highest BCUT2D eigenvalue weighted by molar-refractivity contribution is 6.06. The first-order chi connectivity index (χ1) is 15.7. The maximum atomic E-state index is 13.8. The van der Waals surface area contributed by atoms with Crippen molar-refractivity contribution in [2.24, 2.45) is 0 Å². The van der Waals surface area contributed by atoms with E-state index < -0.39 is 0 Å². The Balaban J connectivity index is 1.35. The van der Waals surface area contributed by atoms with Gasteiger partial charge in [-0.2, -0.15) is 9.78 Å². The second-order valence-corrected chi connectivity index (χ2v) is 9.52. The molecular formula is C25H30N6O. The fourth-order valence-corrected chi connectivity index (χ4v) is 5.42. The first-order valence-electron chi connectivity index (χ1n) is 12.0. The molecule has 7 nitrogen and oxygen atoms in total. The largest absolute Gasteiger partial charge is 0.339 e. The topological polar surface area (TPSA) is 67.2 Å². The van der Waals surface area contributed by atoms with Crippen LogP contribution in [0.1, 0.15) is 66.2 Å². The van der Waals surface area contributed by atoms with Gasteiger partial charge in [0, 0.05) is 36.9 Å². The molecule has 0 N–H and O–H groups in total. The number of aromatic nitrogens is 4. The van der Waals surface area contributed by atoms with E-state index in [1.807, 2.05) is 31.2 Å². The molecule has 1 aliphatic carbocycles. The Bertz CT molecular complexity index is 1140. The molecule has 32 heavy (non-hydrogen) atoms. The summed E-state index contributed by atoms with van der Waals surface area (Å²) in [6, 6.07) is 8.46. The predicted molar refractivity (Wildman–Crippen MR) is 123 cm³/mol. The van der Waals surface area contributed by atoms with Crippen molar-refractivity contribution in [2.75, 3.05) is 26.2 Å². The molecule has 3 aromatic rings. The molecule has 3 fully saturated rings. The summed E-state index contributed by atoms with van der Waals surface area (Å²) in [5.74, 6) is 1.32. The lowest BCUT2D eigenvalue weighted by molar-refractivity contribution is 0.0646. The number of piperidine rings is 1. The van der Waals surface area contributed by atoms with Crippen LogP contribution in [0.2, 0.25) is 0 Å². The molecule has 166 valence electrons. The highest BCUT2D eigenvalue weighted by atomic mass is 16.2. The van der Waals surface area contributed by atoms with Gasteiger partial charge in [-0.05, 0) is 76.7 Å². The van der Waals surface area contributed by atoms with Gasteiger partial charge in [0.15, 0.2) is 11.5 Å². The highest BCUT2D eigenvalue weighted by Crippen LogP contribution is 2.41. The van der Waals surface area contributed by atoms with Gasteiger partial charge in [-0.25, -0.2) is 9.97 Å². The summed E-state index contributed by atoms with van der Waals surface area (Å²) in [5.41, 5.74) is 3.36. The van der Waals surface area contributed by atoms with Crippen molar-refractivity contribution in [2.45, 2.75) is 57.4 Å². The molecule has 0 radical (unpaired) electrons. The first-order valence-corrected chi connectivity index (χ1v) is 12.0. The number of hydrogen-bond acceptors (Lipinski definition) is 5. The number of fused-ring (bicyclic) bond motifs is 1. The smallest absolute Gasteiger partial charge is 0.254 e. The van der Waals surface area contributed by atoms with Crippen molar-refractivity contribution in [1.82, 2.24) is 29.5 Å². The number of carbonyl (C=O) groups excluding carboxylic acids is 1. The van der Waals surface area contributed by atoms with E-state index in [1.165, 1.54) is 25.9 Å². The molecular weight excluding hydrogens is 400 g/mol. The standard InChI is InChI=1S/C25H30N6O/c1-17-23-20(25(32)30-14-9-19(10-15-30)29-12-4-5-13-29)16-21(18-7-8-18)27-24(23)31(28-17)22-6-2-3-11-26-22/h2-3,6,11,16,18-19H,4-5,7-10,12-15H2,1H3. The van der Waals surface area contributed by atoms with Crippen LogP contribution in [-0.4, -0.2) is 67.7 Å². The summed E-state index contributed by atoms with van der Waals surface area (Å²) >= 11 is 0. The van der Waals surface area contributed by atoms with Crippen LogP contribution in [0.4, 0.5) is 0 Å². The zero-order chi connectivity index (χ0) is 21.7. The summed E-state index contributed by atoms with van der Waals surface area (Å²) in [5, 5.41) is 5.61. The van der Waals surface area contributed by atoms with Crippen LogP contribution in [0, 0.1) is 6.92 Å². The van der Waals surface area contributed by atoms with Gasteiger partial charge in [0.25, 0.3) is 5.91 Å². The molecule has 2 saturated heterocycles. The number of amides is 1. The van der Waals surface area contributed by atoms with E-state index in [2.05, 4.69) is 14.8 Å². The van der Waals surface area contributed by atoms with Gasteiger partial charge < -0.3 is 9.80 Å². The lowest BCUT2D eigenvalue weighted by atomic mass is 10.0. The summed E-state index contributed by atoms with van der Waals surface area (Å²) in [7, 11) is 0. The Morgan fingerprint density at radius 2 is 1.81 bits per heavy atom. The third-order valence-corrected chi connectivity index (χ3v) is 7.33. The zero-order valence-corrected chi connectivity index (χ0v) is 18.7. The molecule has 5 heterocycles. The molecule has 1 amide bonds. The van der Waals surface area contributed by atoms with Gasteiger partial charge in [-0.3, -0.25) is 4.79 Å². The molecule has 3 aliphatic rings. The minimum absolute atomic E-state index is 0.128. The Kier molecular flexibility index (Phi) is 4.94. The van der Waals surface area contributed by atoms with E-state index in [0.29, 0.717) is 12.0 Å². The molecule has 0 spiro atoms. The van der Waals surface area contributed by atoms with Gasteiger partial charge in [0.05, 0.1) is 16.6 Å². The molecule has 3 aromatic heterocycles. The normalized spacial score (nSPS) is 20.3. The molecule has 6 rings (SSSR count). The second kappa shape index (κ2) is 7.96. The van der Waals surface area contributed by atoms with Crippen molar-refractivity contribution in [3.8, 4) is 5.82 Å². The van der Waals surface area contributed by atoms with Crippen LogP contribution < -0.4 is 0 Å². The van der Waals surface area contributed by atoms with Gasteiger partial charge >= 0.3 is 0 Å². The molecule has 1 saturated carbocycles. The molecule has 2 aliphatic heterocycles. The SMILES string of the molecule is Cc1nn(-c2ccccn2)c2nc(C3CC3)cc(C(=O)N3CCC(N4CCCC4)CC3)c12. The Labute approximate surface area is 188 Å². The molecule has 0 bridgehead atoms. The van der Waals surface area contributed by atoms with Crippen LogP contribution in [0.3, 0.4) is 0 Å². The molecule has 7 heteroatoms. The Morgan fingerprint density at radius 3 is 2.50 bits per heavy atom. The van der Waals surface area contributed by atoms with E-state index in [9.17, 15) is 4.79 Å². The fourth-order valence-electron chi connectivity index (χ4n) is 5.42. The lowest BCUT2D eigenvalue weighted by Gasteiger charge is -2.36. The van der Waals surface area contributed by atoms with E-state index in [-0.39, 0.29) is 5.91 Å². The van der Waals surface area contributed by atoms with Crippen molar-refractivity contribution in [3.05, 3.63) is 47.4 Å². The van der Waals surface area contributed by atoms with E-state index in [4.69, 9.17) is 10.1 Å². The van der Waals surface area contributed by atoms with Crippen molar-refractivity contribution >= 4 is 16.9 Å². The summed E-state index contributed by atoms with van der Waals surface area (Å²) < 4.78 is 1.80. The zero-order valence-electron chi connectivity index (χ0n) is 18.7. The summed E-state index contributed by atoms with van der Waals surface area (Å²) in [6.45, 7) is 6.07. The third-order valence-electron chi connectivity index (χ3n) is 7.33. The number of rotatable bonds is 4. The third kappa shape index (κ3) is 3.48. The maximum absolute atomic E-state index is 13.8. The van der Waals surface area contributed by atoms with Gasteiger partial charge in [-0.15, -0.1) is 0 Å².